The van der Waals surface area contributed by atoms with Crippen LogP contribution in [0.1, 0.15) is 28.7 Å². The van der Waals surface area contributed by atoms with Crippen molar-refractivity contribution >= 4 is 18.0 Å². The van der Waals surface area contributed by atoms with Crippen molar-refractivity contribution < 1.29 is 24.2 Å². The normalized spacial score (nSPS) is 12.7. The predicted molar refractivity (Wildman–Crippen MR) is 127 cm³/mol. The monoisotopic (exact) mass is 472 g/mol. The summed E-state index contributed by atoms with van der Waals surface area (Å²) in [4.78, 5) is 38.2. The summed E-state index contributed by atoms with van der Waals surface area (Å²) < 4.78 is 7.03. The zero-order valence-electron chi connectivity index (χ0n) is 19.0. The van der Waals surface area contributed by atoms with E-state index in [1.54, 1.807) is 13.2 Å². The van der Waals surface area contributed by atoms with Crippen molar-refractivity contribution in [2.75, 3.05) is 19.7 Å². The van der Waals surface area contributed by atoms with E-state index in [0.29, 0.717) is 5.56 Å². The molecule has 35 heavy (non-hydrogen) atoms. The average molecular weight is 473 g/mol. The lowest BCUT2D eigenvalue weighted by Crippen LogP contribution is -2.45. The lowest BCUT2D eigenvalue weighted by Gasteiger charge is -2.24. The van der Waals surface area contributed by atoms with Gasteiger partial charge in [0.15, 0.2) is 0 Å². The summed E-state index contributed by atoms with van der Waals surface area (Å²) in [5.74, 6) is 0.233. The largest absolute Gasteiger partial charge is 0.480 e. The van der Waals surface area contributed by atoms with E-state index in [2.05, 4.69) is 16.3 Å². The van der Waals surface area contributed by atoms with Crippen LogP contribution in [0, 0.1) is 12.3 Å². The van der Waals surface area contributed by atoms with Crippen LogP contribution in [0.2, 0.25) is 0 Å². The summed E-state index contributed by atoms with van der Waals surface area (Å²) in [7, 11) is 1.66. The van der Waals surface area contributed by atoms with E-state index in [1.165, 1.54) is 10.9 Å². The van der Waals surface area contributed by atoms with Gasteiger partial charge in [0.25, 0.3) is 5.91 Å². The molecule has 1 aliphatic rings. The molecule has 9 heteroatoms. The Morgan fingerprint density at radius 1 is 1.17 bits per heavy atom. The molecule has 1 atom stereocenters. The van der Waals surface area contributed by atoms with Gasteiger partial charge in [-0.1, -0.05) is 54.5 Å². The molecule has 0 radical (unpaired) electrons. The number of hydrogen-bond donors (Lipinski definition) is 2. The highest BCUT2D eigenvalue weighted by molar-refractivity contribution is 5.89. The number of alkyl carbamates (subject to hydrolysis) is 1. The van der Waals surface area contributed by atoms with E-state index < -0.39 is 30.6 Å². The van der Waals surface area contributed by atoms with Gasteiger partial charge in [-0.25, -0.2) is 4.79 Å². The van der Waals surface area contributed by atoms with Crippen LogP contribution >= 0.6 is 0 Å². The summed E-state index contributed by atoms with van der Waals surface area (Å²) in [6.07, 6.45) is 7.48. The van der Waals surface area contributed by atoms with E-state index in [9.17, 15) is 19.5 Å². The summed E-state index contributed by atoms with van der Waals surface area (Å²) in [5, 5.41) is 15.8. The number of terminal acetylenes is 1. The van der Waals surface area contributed by atoms with Gasteiger partial charge in [-0.15, -0.1) is 6.42 Å². The van der Waals surface area contributed by atoms with Crippen LogP contribution < -0.4 is 5.32 Å². The molecule has 0 spiro atoms. The average Bonchev–Trinajstić information content (AvgIpc) is 3.41. The first-order valence-corrected chi connectivity index (χ1v) is 10.9. The van der Waals surface area contributed by atoms with Crippen molar-refractivity contribution in [1.29, 1.82) is 0 Å². The third-order valence-corrected chi connectivity index (χ3v) is 5.83. The Hall–Kier alpha value is -4.58. The molecule has 0 fully saturated rings. The van der Waals surface area contributed by atoms with Gasteiger partial charge < -0.3 is 20.1 Å². The second-order valence-corrected chi connectivity index (χ2v) is 8.14. The van der Waals surface area contributed by atoms with E-state index in [1.807, 2.05) is 48.5 Å². The molecule has 0 aliphatic heterocycles. The fraction of sp³-hybridized carbons (Fsp3) is 0.231. The second-order valence-electron chi connectivity index (χ2n) is 8.14. The minimum atomic E-state index is -1.22. The number of carboxylic acid groups (broad SMARTS) is 1. The van der Waals surface area contributed by atoms with E-state index in [4.69, 9.17) is 11.2 Å². The van der Waals surface area contributed by atoms with Crippen LogP contribution in [-0.4, -0.2) is 57.5 Å². The Bertz CT molecular complexity index is 1260. The van der Waals surface area contributed by atoms with Crippen molar-refractivity contribution in [3.05, 3.63) is 77.6 Å². The number of carbonyl (C=O) groups excluding carboxylic acids is 2. The number of aromatic nitrogens is 2. The number of rotatable bonds is 8. The third kappa shape index (κ3) is 5.01. The standard InChI is InChI=1S/C26H24N4O5/c1-3-12-30(15-23(31)32)25(33)24(17-13-27-29(2)14-17)28-26(34)35-16-22-20-10-6-4-8-18(20)19-9-5-7-11-21(19)22/h1,4-11,13-14,22,24H,12,15-16H2,2H3,(H,28,34)(H,31,32). The van der Waals surface area contributed by atoms with Gasteiger partial charge in [0, 0.05) is 24.7 Å². The number of carbonyl (C=O) groups is 3. The number of ether oxygens (including phenoxy) is 1. The van der Waals surface area contributed by atoms with Gasteiger partial charge in [0.05, 0.1) is 12.7 Å². The number of nitrogens with one attached hydrogen (secondary N) is 1. The first kappa shape index (κ1) is 23.6. The number of amides is 2. The number of carboxylic acids is 1. The Kier molecular flexibility index (Phi) is 6.83. The first-order valence-electron chi connectivity index (χ1n) is 10.9. The molecule has 3 aromatic rings. The maximum absolute atomic E-state index is 13.2. The molecular formula is C26H24N4O5. The van der Waals surface area contributed by atoms with Crippen molar-refractivity contribution in [1.82, 2.24) is 20.0 Å². The fourth-order valence-corrected chi connectivity index (χ4v) is 4.30. The van der Waals surface area contributed by atoms with Gasteiger partial charge in [-0.2, -0.15) is 5.10 Å². The van der Waals surface area contributed by atoms with Crippen molar-refractivity contribution in [3.63, 3.8) is 0 Å². The Morgan fingerprint density at radius 2 is 1.80 bits per heavy atom. The van der Waals surface area contributed by atoms with Crippen molar-refractivity contribution in [2.24, 2.45) is 7.05 Å². The summed E-state index contributed by atoms with van der Waals surface area (Å²) in [6, 6.07) is 14.7. The van der Waals surface area contributed by atoms with Crippen molar-refractivity contribution in [2.45, 2.75) is 12.0 Å². The van der Waals surface area contributed by atoms with Crippen LogP contribution in [0.25, 0.3) is 11.1 Å². The molecule has 1 aromatic heterocycles. The first-order chi connectivity index (χ1) is 16.9. The van der Waals surface area contributed by atoms with E-state index >= 15 is 0 Å². The van der Waals surface area contributed by atoms with Gasteiger partial charge in [-0.05, 0) is 22.3 Å². The number of aryl methyl sites for hydroxylation is 1. The Balaban J connectivity index is 1.52. The molecule has 9 nitrogen and oxygen atoms in total. The lowest BCUT2D eigenvalue weighted by atomic mass is 9.98. The molecule has 2 aromatic carbocycles. The molecule has 1 heterocycles. The summed E-state index contributed by atoms with van der Waals surface area (Å²) in [6.45, 7) is -0.766. The highest BCUT2D eigenvalue weighted by Gasteiger charge is 2.32. The molecule has 1 aliphatic carbocycles. The second kappa shape index (κ2) is 10.1. The fourth-order valence-electron chi connectivity index (χ4n) is 4.30. The number of fused-ring (bicyclic) bond motifs is 3. The molecule has 0 bridgehead atoms. The highest BCUT2D eigenvalue weighted by atomic mass is 16.5. The number of nitrogens with zero attached hydrogens (tertiary/aromatic N) is 3. The summed E-state index contributed by atoms with van der Waals surface area (Å²) in [5.41, 5.74) is 4.68. The van der Waals surface area contributed by atoms with E-state index in [-0.39, 0.29) is 19.1 Å². The zero-order valence-corrected chi connectivity index (χ0v) is 19.0. The number of hydrogen-bond acceptors (Lipinski definition) is 5. The van der Waals surface area contributed by atoms with Crippen molar-refractivity contribution in [3.8, 4) is 23.5 Å². The minimum absolute atomic E-state index is 0.0665. The topological polar surface area (TPSA) is 114 Å². The molecule has 4 rings (SSSR count). The number of aliphatic carboxylic acids is 1. The summed E-state index contributed by atoms with van der Waals surface area (Å²) >= 11 is 0. The van der Waals surface area contributed by atoms with Gasteiger partial charge in [-0.3, -0.25) is 14.3 Å². The van der Waals surface area contributed by atoms with Crippen LogP contribution in [0.5, 0.6) is 0 Å². The quantitative estimate of drug-likeness (QED) is 0.487. The van der Waals surface area contributed by atoms with E-state index in [0.717, 1.165) is 27.2 Å². The Morgan fingerprint density at radius 3 is 2.34 bits per heavy atom. The van der Waals surface area contributed by atoms with Crippen LogP contribution in [0.4, 0.5) is 4.79 Å². The minimum Gasteiger partial charge on any atom is -0.480 e. The maximum Gasteiger partial charge on any atom is 0.408 e. The third-order valence-electron chi connectivity index (χ3n) is 5.83. The van der Waals surface area contributed by atoms with Gasteiger partial charge in [0.2, 0.25) is 0 Å². The smallest absolute Gasteiger partial charge is 0.408 e. The SMILES string of the molecule is C#CCN(CC(=O)O)C(=O)C(NC(=O)OCC1c2ccccc2-c2ccccc21)c1cnn(C)c1. The number of benzene rings is 2. The molecule has 2 amide bonds. The van der Waals surface area contributed by atoms with Gasteiger partial charge >= 0.3 is 12.1 Å². The zero-order chi connectivity index (χ0) is 24.9. The maximum atomic E-state index is 13.2. The van der Waals surface area contributed by atoms with Crippen LogP contribution in [0.3, 0.4) is 0 Å². The van der Waals surface area contributed by atoms with Crippen LogP contribution in [-0.2, 0) is 21.4 Å². The molecule has 178 valence electrons. The Labute approximate surface area is 202 Å². The molecular weight excluding hydrogens is 448 g/mol. The van der Waals surface area contributed by atoms with Gasteiger partial charge in [0.1, 0.15) is 19.2 Å². The molecule has 1 unspecified atom stereocenters. The predicted octanol–water partition coefficient (Wildman–Crippen LogP) is 2.55. The lowest BCUT2D eigenvalue weighted by molar-refractivity contribution is -0.144. The molecule has 0 saturated heterocycles. The highest BCUT2D eigenvalue weighted by Crippen LogP contribution is 2.44. The molecule has 0 saturated carbocycles. The van der Waals surface area contributed by atoms with Crippen LogP contribution in [0.15, 0.2) is 60.9 Å². The molecule has 2 N–H and O–H groups in total.